The van der Waals surface area contributed by atoms with E-state index in [1.807, 2.05) is 0 Å². The molecule has 0 bridgehead atoms. The Morgan fingerprint density at radius 2 is 1.84 bits per heavy atom. The van der Waals surface area contributed by atoms with Gasteiger partial charge in [-0.3, -0.25) is 4.90 Å². The van der Waals surface area contributed by atoms with Gasteiger partial charge in [0.25, 0.3) is 0 Å². The molecule has 3 nitrogen and oxygen atoms in total. The normalized spacial score (nSPS) is 30.0. The molecule has 0 aromatic rings. The Hall–Kier alpha value is -0.120. The molecule has 0 saturated carbocycles. The molecule has 2 aliphatic heterocycles. The maximum absolute atomic E-state index is 6.14. The highest BCUT2D eigenvalue weighted by molar-refractivity contribution is 4.95. The Labute approximate surface area is 118 Å². The molecule has 0 radical (unpaired) electrons. The average molecular weight is 268 g/mol. The molecule has 0 aromatic heterocycles. The van der Waals surface area contributed by atoms with Crippen molar-refractivity contribution in [3.8, 4) is 0 Å². The Kier molecular flexibility index (Phi) is 4.91. The molecule has 1 unspecified atom stereocenters. The van der Waals surface area contributed by atoms with Crippen molar-refractivity contribution in [2.24, 2.45) is 17.1 Å². The fourth-order valence-corrected chi connectivity index (χ4v) is 3.84. The maximum Gasteiger partial charge on any atom is 0.0484 e. The molecule has 19 heavy (non-hydrogen) atoms. The van der Waals surface area contributed by atoms with E-state index in [-0.39, 0.29) is 5.54 Å². The summed E-state index contributed by atoms with van der Waals surface area (Å²) in [6, 6.07) is 0. The van der Waals surface area contributed by atoms with Crippen LogP contribution in [-0.4, -0.2) is 43.3 Å². The molecule has 0 spiro atoms. The second kappa shape index (κ2) is 6.11. The van der Waals surface area contributed by atoms with E-state index in [1.54, 1.807) is 0 Å². The number of likely N-dealkylation sites (tertiary alicyclic amines) is 1. The van der Waals surface area contributed by atoms with Crippen molar-refractivity contribution in [2.45, 2.75) is 58.4 Å². The van der Waals surface area contributed by atoms with Crippen LogP contribution in [0.3, 0.4) is 0 Å². The third kappa shape index (κ3) is 3.50. The van der Waals surface area contributed by atoms with Crippen molar-refractivity contribution in [1.29, 1.82) is 0 Å². The van der Waals surface area contributed by atoms with Gasteiger partial charge in [0, 0.05) is 25.3 Å². The van der Waals surface area contributed by atoms with Crippen molar-refractivity contribution in [1.82, 2.24) is 4.90 Å². The van der Waals surface area contributed by atoms with Crippen LogP contribution < -0.4 is 5.73 Å². The molecule has 2 heterocycles. The lowest BCUT2D eigenvalue weighted by atomic mass is 9.76. The summed E-state index contributed by atoms with van der Waals surface area (Å²) in [7, 11) is 0. The van der Waals surface area contributed by atoms with Crippen molar-refractivity contribution in [2.75, 3.05) is 32.8 Å². The second-order valence-electron chi connectivity index (χ2n) is 7.52. The molecule has 2 N–H and O–H groups in total. The fourth-order valence-electron chi connectivity index (χ4n) is 3.84. The number of rotatable bonds is 2. The summed E-state index contributed by atoms with van der Waals surface area (Å²) in [5.74, 6) is 0.854. The van der Waals surface area contributed by atoms with E-state index < -0.39 is 0 Å². The van der Waals surface area contributed by atoms with Crippen LogP contribution in [0.2, 0.25) is 0 Å². The van der Waals surface area contributed by atoms with Gasteiger partial charge in [0.1, 0.15) is 0 Å². The maximum atomic E-state index is 6.14. The highest BCUT2D eigenvalue weighted by Gasteiger charge is 2.39. The van der Waals surface area contributed by atoms with Gasteiger partial charge in [-0.15, -0.1) is 0 Å². The number of nitrogens with two attached hydrogens (primary N) is 1. The molecule has 2 saturated heterocycles. The lowest BCUT2D eigenvalue weighted by Gasteiger charge is -2.45. The first-order chi connectivity index (χ1) is 8.98. The number of hydrogen-bond acceptors (Lipinski definition) is 3. The van der Waals surface area contributed by atoms with Crippen molar-refractivity contribution >= 4 is 0 Å². The summed E-state index contributed by atoms with van der Waals surface area (Å²) in [5.41, 5.74) is 6.82. The predicted octanol–water partition coefficient (Wildman–Crippen LogP) is 2.64. The Morgan fingerprint density at radius 1 is 1.16 bits per heavy atom. The number of nitrogens with zero attached hydrogens (tertiary/aromatic N) is 1. The summed E-state index contributed by atoms with van der Waals surface area (Å²) >= 11 is 0. The molecule has 3 heteroatoms. The van der Waals surface area contributed by atoms with Gasteiger partial charge in [0.05, 0.1) is 0 Å². The molecule has 2 aliphatic rings. The highest BCUT2D eigenvalue weighted by Crippen LogP contribution is 2.37. The third-order valence-electron chi connectivity index (χ3n) is 5.43. The van der Waals surface area contributed by atoms with E-state index in [1.165, 1.54) is 32.4 Å². The number of hydrogen-bond donors (Lipinski definition) is 1. The van der Waals surface area contributed by atoms with Crippen LogP contribution in [0.1, 0.15) is 52.9 Å². The second-order valence-corrected chi connectivity index (χ2v) is 7.52. The fraction of sp³-hybridized carbons (Fsp3) is 1.00. The van der Waals surface area contributed by atoms with E-state index >= 15 is 0 Å². The van der Waals surface area contributed by atoms with E-state index in [0.29, 0.717) is 5.41 Å². The third-order valence-corrected chi connectivity index (χ3v) is 5.43. The van der Waals surface area contributed by atoms with Crippen LogP contribution in [0, 0.1) is 11.3 Å². The zero-order valence-corrected chi connectivity index (χ0v) is 13.1. The first kappa shape index (κ1) is 15.3. The van der Waals surface area contributed by atoms with Gasteiger partial charge in [-0.2, -0.15) is 0 Å². The van der Waals surface area contributed by atoms with Gasteiger partial charge in [0.15, 0.2) is 0 Å². The molecule has 0 amide bonds. The van der Waals surface area contributed by atoms with Gasteiger partial charge >= 0.3 is 0 Å². The van der Waals surface area contributed by atoms with Crippen molar-refractivity contribution in [3.63, 3.8) is 0 Å². The Balaban J connectivity index is 2.01. The van der Waals surface area contributed by atoms with Crippen LogP contribution >= 0.6 is 0 Å². The molecule has 2 fully saturated rings. The van der Waals surface area contributed by atoms with Crippen LogP contribution in [0.15, 0.2) is 0 Å². The van der Waals surface area contributed by atoms with E-state index in [4.69, 9.17) is 10.5 Å². The zero-order valence-electron chi connectivity index (χ0n) is 13.1. The van der Waals surface area contributed by atoms with Gasteiger partial charge in [-0.05, 0) is 56.5 Å². The summed E-state index contributed by atoms with van der Waals surface area (Å²) in [6.07, 6.45) is 6.25. The summed E-state index contributed by atoms with van der Waals surface area (Å²) in [5, 5.41) is 0. The average Bonchev–Trinajstić information content (AvgIpc) is 2.65. The molecule has 0 aromatic carbocycles. The van der Waals surface area contributed by atoms with E-state index in [2.05, 4.69) is 25.7 Å². The molecule has 2 rings (SSSR count). The lowest BCUT2D eigenvalue weighted by Crippen LogP contribution is -2.57. The summed E-state index contributed by atoms with van der Waals surface area (Å²) in [4.78, 5) is 2.70. The Morgan fingerprint density at radius 3 is 2.42 bits per heavy atom. The van der Waals surface area contributed by atoms with Crippen LogP contribution in [0.4, 0.5) is 0 Å². The molecule has 112 valence electrons. The van der Waals surface area contributed by atoms with Crippen LogP contribution in [0.5, 0.6) is 0 Å². The summed E-state index contributed by atoms with van der Waals surface area (Å²) < 4.78 is 5.54. The largest absolute Gasteiger partial charge is 0.381 e. The van der Waals surface area contributed by atoms with Gasteiger partial charge < -0.3 is 10.5 Å². The zero-order chi connectivity index (χ0) is 13.9. The summed E-state index contributed by atoms with van der Waals surface area (Å²) in [6.45, 7) is 12.2. The topological polar surface area (TPSA) is 38.5 Å². The van der Waals surface area contributed by atoms with Gasteiger partial charge in [0.2, 0.25) is 0 Å². The minimum absolute atomic E-state index is 0.227. The highest BCUT2D eigenvalue weighted by atomic mass is 16.5. The van der Waals surface area contributed by atoms with Gasteiger partial charge in [-0.25, -0.2) is 0 Å². The first-order valence-electron chi connectivity index (χ1n) is 8.01. The minimum atomic E-state index is 0.227. The van der Waals surface area contributed by atoms with E-state index in [0.717, 1.165) is 38.5 Å². The van der Waals surface area contributed by atoms with Crippen LogP contribution in [-0.2, 0) is 4.74 Å². The lowest BCUT2D eigenvalue weighted by molar-refractivity contribution is -0.0238. The minimum Gasteiger partial charge on any atom is -0.381 e. The molecular weight excluding hydrogens is 236 g/mol. The molecular formula is C16H32N2O. The van der Waals surface area contributed by atoms with E-state index in [9.17, 15) is 0 Å². The van der Waals surface area contributed by atoms with Gasteiger partial charge in [-0.1, -0.05) is 20.8 Å². The molecule has 0 aliphatic carbocycles. The standard InChI is InChI=1S/C16H32N2O/c1-15(2,3)14-5-4-9-18(10-6-14)16(13-17)7-11-19-12-8-16/h14H,4-13,17H2,1-3H3. The monoisotopic (exact) mass is 268 g/mol. The van der Waals surface area contributed by atoms with Crippen molar-refractivity contribution < 1.29 is 4.74 Å². The predicted molar refractivity (Wildman–Crippen MR) is 80.2 cm³/mol. The first-order valence-corrected chi connectivity index (χ1v) is 8.01. The Bertz CT molecular complexity index is 279. The number of ether oxygens (including phenoxy) is 1. The van der Waals surface area contributed by atoms with Crippen molar-refractivity contribution in [3.05, 3.63) is 0 Å². The SMILES string of the molecule is CC(C)(C)C1CCCN(C2(CN)CCOCC2)CC1. The molecule has 1 atom stereocenters. The van der Waals surface area contributed by atoms with Crippen LogP contribution in [0.25, 0.3) is 0 Å². The quantitative estimate of drug-likeness (QED) is 0.837. The smallest absolute Gasteiger partial charge is 0.0484 e.